The maximum absolute atomic E-state index is 11.4. The molecule has 0 heterocycles. The van der Waals surface area contributed by atoms with Crippen LogP contribution in [0.2, 0.25) is 0 Å². The van der Waals surface area contributed by atoms with Gasteiger partial charge in [-0.25, -0.2) is 0 Å². The molecule has 2 N–H and O–H groups in total. The number of hydrogen-bond acceptors (Lipinski definition) is 3. The standard InChI is InChI=1S/C12H18N2O2.ClH/c1-10-3-5-11(6-4-10)14-12(15)9-13-7-8-16-2;/h3-6,13H,7-9H2,1-2H3,(H,14,15);1H. The van der Waals surface area contributed by atoms with Gasteiger partial charge in [-0.3, -0.25) is 4.79 Å². The molecule has 0 spiro atoms. The normalized spacial score (nSPS) is 9.53. The number of anilines is 1. The van der Waals surface area contributed by atoms with Gasteiger partial charge in [-0.1, -0.05) is 17.7 Å². The minimum atomic E-state index is -0.0417. The van der Waals surface area contributed by atoms with Gasteiger partial charge in [0.15, 0.2) is 0 Å². The van der Waals surface area contributed by atoms with Gasteiger partial charge in [0.1, 0.15) is 0 Å². The van der Waals surface area contributed by atoms with Gasteiger partial charge >= 0.3 is 0 Å². The van der Waals surface area contributed by atoms with Crippen molar-refractivity contribution in [2.24, 2.45) is 0 Å². The Morgan fingerprint density at radius 3 is 2.53 bits per heavy atom. The Balaban J connectivity index is 0.00000256. The van der Waals surface area contributed by atoms with Crippen LogP contribution in [-0.2, 0) is 9.53 Å². The first kappa shape index (κ1) is 15.9. The maximum atomic E-state index is 11.4. The Hall–Kier alpha value is -1.10. The van der Waals surface area contributed by atoms with Gasteiger partial charge in [0.05, 0.1) is 13.2 Å². The first-order chi connectivity index (χ1) is 7.72. The molecule has 1 aromatic carbocycles. The van der Waals surface area contributed by atoms with E-state index in [4.69, 9.17) is 4.74 Å². The molecule has 1 rings (SSSR count). The van der Waals surface area contributed by atoms with Crippen molar-refractivity contribution < 1.29 is 9.53 Å². The van der Waals surface area contributed by atoms with Crippen molar-refractivity contribution in [3.05, 3.63) is 29.8 Å². The summed E-state index contributed by atoms with van der Waals surface area (Å²) in [5, 5.41) is 5.78. The van der Waals surface area contributed by atoms with E-state index in [9.17, 15) is 4.79 Å². The summed E-state index contributed by atoms with van der Waals surface area (Å²) in [6, 6.07) is 7.71. The van der Waals surface area contributed by atoms with Crippen LogP contribution in [-0.4, -0.2) is 32.7 Å². The van der Waals surface area contributed by atoms with E-state index in [1.165, 1.54) is 5.56 Å². The number of amides is 1. The van der Waals surface area contributed by atoms with Crippen LogP contribution in [0.5, 0.6) is 0 Å². The topological polar surface area (TPSA) is 50.4 Å². The number of ether oxygens (including phenoxy) is 1. The summed E-state index contributed by atoms with van der Waals surface area (Å²) in [6.07, 6.45) is 0. The van der Waals surface area contributed by atoms with E-state index in [1.54, 1.807) is 7.11 Å². The quantitative estimate of drug-likeness (QED) is 0.762. The van der Waals surface area contributed by atoms with E-state index in [0.29, 0.717) is 19.7 Å². The van der Waals surface area contributed by atoms with Crippen LogP contribution in [0.15, 0.2) is 24.3 Å². The molecular weight excluding hydrogens is 240 g/mol. The van der Waals surface area contributed by atoms with E-state index in [-0.39, 0.29) is 18.3 Å². The number of hydrogen-bond donors (Lipinski definition) is 2. The third-order valence-corrected chi connectivity index (χ3v) is 2.10. The Labute approximate surface area is 108 Å². The summed E-state index contributed by atoms with van der Waals surface area (Å²) < 4.78 is 4.86. The van der Waals surface area contributed by atoms with Crippen LogP contribution in [0, 0.1) is 6.92 Å². The zero-order chi connectivity index (χ0) is 11.8. The fourth-order valence-electron chi connectivity index (χ4n) is 1.22. The van der Waals surface area contributed by atoms with Crippen LogP contribution in [0.3, 0.4) is 0 Å². The fraction of sp³-hybridized carbons (Fsp3) is 0.417. The van der Waals surface area contributed by atoms with Crippen LogP contribution in [0.25, 0.3) is 0 Å². The van der Waals surface area contributed by atoms with Crippen molar-refractivity contribution in [3.8, 4) is 0 Å². The lowest BCUT2D eigenvalue weighted by molar-refractivity contribution is -0.115. The minimum Gasteiger partial charge on any atom is -0.383 e. The lowest BCUT2D eigenvalue weighted by Crippen LogP contribution is -2.30. The molecule has 17 heavy (non-hydrogen) atoms. The third kappa shape index (κ3) is 6.94. The number of aryl methyl sites for hydroxylation is 1. The monoisotopic (exact) mass is 258 g/mol. The Morgan fingerprint density at radius 1 is 1.29 bits per heavy atom. The molecule has 96 valence electrons. The Kier molecular flexibility index (Phi) is 8.40. The highest BCUT2D eigenvalue weighted by atomic mass is 35.5. The maximum Gasteiger partial charge on any atom is 0.238 e. The highest BCUT2D eigenvalue weighted by Crippen LogP contribution is 2.07. The zero-order valence-electron chi connectivity index (χ0n) is 10.2. The van der Waals surface area contributed by atoms with E-state index in [1.807, 2.05) is 31.2 Å². The predicted octanol–water partition coefficient (Wildman–Crippen LogP) is 1.59. The van der Waals surface area contributed by atoms with Gasteiger partial charge in [-0.05, 0) is 19.1 Å². The first-order valence-corrected chi connectivity index (χ1v) is 5.28. The molecule has 1 amide bonds. The average Bonchev–Trinajstić information content (AvgIpc) is 2.28. The number of carbonyl (C=O) groups excluding carboxylic acids is 1. The van der Waals surface area contributed by atoms with E-state index >= 15 is 0 Å². The summed E-state index contributed by atoms with van der Waals surface area (Å²) in [4.78, 5) is 11.4. The SMILES string of the molecule is COCCNCC(=O)Nc1ccc(C)cc1.Cl. The van der Waals surface area contributed by atoms with Gasteiger partial charge in [0.2, 0.25) is 5.91 Å². The van der Waals surface area contributed by atoms with E-state index < -0.39 is 0 Å². The minimum absolute atomic E-state index is 0. The second kappa shape index (κ2) is 8.98. The van der Waals surface area contributed by atoms with Crippen molar-refractivity contribution in [1.29, 1.82) is 0 Å². The Bertz CT molecular complexity index is 328. The Morgan fingerprint density at radius 2 is 1.94 bits per heavy atom. The lowest BCUT2D eigenvalue weighted by atomic mass is 10.2. The molecule has 0 aliphatic rings. The van der Waals surface area contributed by atoms with Crippen molar-refractivity contribution in [2.45, 2.75) is 6.92 Å². The van der Waals surface area contributed by atoms with Gasteiger partial charge in [-0.15, -0.1) is 12.4 Å². The van der Waals surface area contributed by atoms with Gasteiger partial charge in [0, 0.05) is 19.3 Å². The molecule has 0 aromatic heterocycles. The molecule has 0 unspecified atom stereocenters. The number of methoxy groups -OCH3 is 1. The fourth-order valence-corrected chi connectivity index (χ4v) is 1.22. The van der Waals surface area contributed by atoms with Crippen molar-refractivity contribution in [3.63, 3.8) is 0 Å². The summed E-state index contributed by atoms with van der Waals surface area (Å²) in [5.41, 5.74) is 2.00. The zero-order valence-corrected chi connectivity index (χ0v) is 11.0. The van der Waals surface area contributed by atoms with Gasteiger partial charge < -0.3 is 15.4 Å². The van der Waals surface area contributed by atoms with Crippen molar-refractivity contribution in [2.75, 3.05) is 32.1 Å². The molecule has 0 aliphatic carbocycles. The van der Waals surface area contributed by atoms with E-state index in [0.717, 1.165) is 5.69 Å². The molecular formula is C12H19ClN2O2. The summed E-state index contributed by atoms with van der Waals surface area (Å²) in [6.45, 7) is 3.60. The molecule has 1 aromatic rings. The van der Waals surface area contributed by atoms with Gasteiger partial charge in [-0.2, -0.15) is 0 Å². The number of halogens is 1. The molecule has 0 atom stereocenters. The highest BCUT2D eigenvalue weighted by molar-refractivity contribution is 5.92. The average molecular weight is 259 g/mol. The smallest absolute Gasteiger partial charge is 0.238 e. The summed E-state index contributed by atoms with van der Waals surface area (Å²) in [5.74, 6) is -0.0417. The number of rotatable bonds is 6. The third-order valence-electron chi connectivity index (χ3n) is 2.10. The van der Waals surface area contributed by atoms with E-state index in [2.05, 4.69) is 10.6 Å². The highest BCUT2D eigenvalue weighted by Gasteiger charge is 2.00. The molecule has 0 bridgehead atoms. The molecule has 0 fully saturated rings. The van der Waals surface area contributed by atoms with Crippen LogP contribution in [0.4, 0.5) is 5.69 Å². The molecule has 0 saturated heterocycles. The van der Waals surface area contributed by atoms with Crippen molar-refractivity contribution >= 4 is 24.0 Å². The number of benzene rings is 1. The summed E-state index contributed by atoms with van der Waals surface area (Å²) in [7, 11) is 1.63. The first-order valence-electron chi connectivity index (χ1n) is 5.28. The van der Waals surface area contributed by atoms with Crippen LogP contribution < -0.4 is 10.6 Å². The molecule has 0 aliphatic heterocycles. The molecule has 0 saturated carbocycles. The number of carbonyl (C=O) groups is 1. The number of nitrogens with one attached hydrogen (secondary N) is 2. The largest absolute Gasteiger partial charge is 0.383 e. The predicted molar refractivity (Wildman–Crippen MR) is 71.8 cm³/mol. The van der Waals surface area contributed by atoms with Crippen LogP contribution in [0.1, 0.15) is 5.56 Å². The molecule has 4 nitrogen and oxygen atoms in total. The van der Waals surface area contributed by atoms with Crippen LogP contribution >= 0.6 is 12.4 Å². The second-order valence-electron chi connectivity index (χ2n) is 3.58. The second-order valence-corrected chi connectivity index (χ2v) is 3.58. The molecule has 5 heteroatoms. The molecule has 0 radical (unpaired) electrons. The lowest BCUT2D eigenvalue weighted by Gasteiger charge is -2.06. The summed E-state index contributed by atoms with van der Waals surface area (Å²) >= 11 is 0. The van der Waals surface area contributed by atoms with Crippen molar-refractivity contribution in [1.82, 2.24) is 5.32 Å². The van der Waals surface area contributed by atoms with Gasteiger partial charge in [0.25, 0.3) is 0 Å².